The van der Waals surface area contributed by atoms with E-state index >= 15 is 0 Å². The van der Waals surface area contributed by atoms with Crippen molar-refractivity contribution in [1.82, 2.24) is 0 Å². The van der Waals surface area contributed by atoms with Crippen molar-refractivity contribution in [3.8, 4) is 0 Å². The van der Waals surface area contributed by atoms with Crippen LogP contribution in [0.25, 0.3) is 12.2 Å². The van der Waals surface area contributed by atoms with E-state index in [-0.39, 0.29) is 6.04 Å². The van der Waals surface area contributed by atoms with Crippen molar-refractivity contribution in [2.75, 3.05) is 0 Å². The Labute approximate surface area is 98.1 Å². The molecule has 15 heavy (non-hydrogen) atoms. The predicted molar refractivity (Wildman–Crippen MR) is 68.7 cm³/mol. The van der Waals surface area contributed by atoms with Crippen molar-refractivity contribution < 1.29 is 0 Å². The highest BCUT2D eigenvalue weighted by atomic mass is 79.9. The van der Waals surface area contributed by atoms with Crippen molar-refractivity contribution in [1.29, 1.82) is 0 Å². The van der Waals surface area contributed by atoms with Gasteiger partial charge in [0.2, 0.25) is 0 Å². The summed E-state index contributed by atoms with van der Waals surface area (Å²) in [5, 5.41) is 2.51. The quantitative estimate of drug-likeness (QED) is 0.758. The zero-order valence-electron chi connectivity index (χ0n) is 8.70. The van der Waals surface area contributed by atoms with Gasteiger partial charge in [-0.1, -0.05) is 45.8 Å². The molecule has 1 nitrogen and oxygen atoms in total. The average molecular weight is 264 g/mol. The average Bonchev–Trinajstić information content (AvgIpc) is 2.22. The molecule has 2 heteroatoms. The maximum atomic E-state index is 6.01. The normalized spacial score (nSPS) is 20.2. The van der Waals surface area contributed by atoms with E-state index in [1.165, 1.54) is 16.0 Å². The number of rotatable bonds is 0. The van der Waals surface area contributed by atoms with Gasteiger partial charge in [0.1, 0.15) is 0 Å². The van der Waals surface area contributed by atoms with E-state index in [0.29, 0.717) is 0 Å². The van der Waals surface area contributed by atoms with Gasteiger partial charge in [0.05, 0.1) is 0 Å². The van der Waals surface area contributed by atoms with Crippen LogP contribution in [0.3, 0.4) is 0 Å². The molecule has 0 radical (unpaired) electrons. The van der Waals surface area contributed by atoms with Crippen LogP contribution in [0, 0.1) is 0 Å². The molecule has 2 N–H and O–H groups in total. The Hall–Kier alpha value is -0.860. The fraction of sp³-hybridized carbons (Fsp3) is 0.231. The third-order valence-electron chi connectivity index (χ3n) is 2.75. The number of fused-ring (bicyclic) bond motifs is 1. The van der Waals surface area contributed by atoms with Crippen LogP contribution >= 0.6 is 15.9 Å². The summed E-state index contributed by atoms with van der Waals surface area (Å²) in [6.45, 7) is 2.08. The molecule has 0 bridgehead atoms. The molecule has 1 aliphatic carbocycles. The van der Waals surface area contributed by atoms with Crippen LogP contribution in [-0.2, 0) is 0 Å². The molecule has 1 atom stereocenters. The lowest BCUT2D eigenvalue weighted by molar-refractivity contribution is 0.803. The van der Waals surface area contributed by atoms with Crippen molar-refractivity contribution in [2.45, 2.75) is 19.4 Å². The number of hydrogen-bond donors (Lipinski definition) is 1. The summed E-state index contributed by atoms with van der Waals surface area (Å²) in [4.78, 5) is 0. The lowest BCUT2D eigenvalue weighted by atomic mass is 10.0. The van der Waals surface area contributed by atoms with E-state index in [1.807, 2.05) is 0 Å². The van der Waals surface area contributed by atoms with Gasteiger partial charge in [0, 0.05) is 10.5 Å². The first-order valence-corrected chi connectivity index (χ1v) is 5.86. The second-order valence-corrected chi connectivity index (χ2v) is 4.81. The van der Waals surface area contributed by atoms with Crippen molar-refractivity contribution in [3.63, 3.8) is 0 Å². The highest BCUT2D eigenvalue weighted by Gasteiger charge is 2.03. The summed E-state index contributed by atoms with van der Waals surface area (Å²) < 4.78 is 1.11. The Balaban J connectivity index is 2.66. The van der Waals surface area contributed by atoms with Crippen LogP contribution in [-0.4, -0.2) is 6.04 Å². The van der Waals surface area contributed by atoms with Gasteiger partial charge >= 0.3 is 0 Å². The van der Waals surface area contributed by atoms with Crippen LogP contribution < -0.4 is 16.2 Å². The molecule has 0 aliphatic heterocycles. The Morgan fingerprint density at radius 3 is 2.87 bits per heavy atom. The first kappa shape index (κ1) is 10.7. The summed E-state index contributed by atoms with van der Waals surface area (Å²) in [5.41, 5.74) is 7.24. The van der Waals surface area contributed by atoms with Gasteiger partial charge in [-0.15, -0.1) is 0 Å². The van der Waals surface area contributed by atoms with Crippen molar-refractivity contribution >= 4 is 28.1 Å². The maximum absolute atomic E-state index is 6.01. The second-order valence-electron chi connectivity index (χ2n) is 3.90. The Bertz CT molecular complexity index is 514. The highest BCUT2D eigenvalue weighted by Crippen LogP contribution is 2.06. The maximum Gasteiger partial charge on any atom is 0.0289 e. The van der Waals surface area contributed by atoms with Gasteiger partial charge in [0.15, 0.2) is 0 Å². The molecule has 1 aromatic carbocycles. The smallest absolute Gasteiger partial charge is 0.0289 e. The van der Waals surface area contributed by atoms with Crippen LogP contribution in [0.4, 0.5) is 0 Å². The number of allylic oxidation sites excluding steroid dienone is 1. The number of nitrogens with two attached hydrogens (primary N) is 1. The minimum absolute atomic E-state index is 0.151. The Morgan fingerprint density at radius 2 is 2.07 bits per heavy atom. The van der Waals surface area contributed by atoms with E-state index in [4.69, 9.17) is 5.73 Å². The molecule has 1 aromatic rings. The molecule has 0 fully saturated rings. The summed E-state index contributed by atoms with van der Waals surface area (Å²) in [6, 6.07) is 6.47. The molecule has 0 saturated heterocycles. The van der Waals surface area contributed by atoms with Gasteiger partial charge in [-0.05, 0) is 35.9 Å². The number of halogens is 1. The zero-order chi connectivity index (χ0) is 10.8. The molecular formula is C13H14BrN. The molecule has 0 spiro atoms. The van der Waals surface area contributed by atoms with E-state index in [2.05, 4.69) is 59.3 Å². The van der Waals surface area contributed by atoms with Crippen LogP contribution in [0.2, 0.25) is 0 Å². The van der Waals surface area contributed by atoms with Crippen molar-refractivity contribution in [3.05, 3.63) is 44.8 Å². The molecule has 0 saturated carbocycles. The minimum Gasteiger partial charge on any atom is -0.324 e. The topological polar surface area (TPSA) is 26.0 Å². The summed E-state index contributed by atoms with van der Waals surface area (Å²) in [7, 11) is 0. The molecule has 2 rings (SSSR count). The Morgan fingerprint density at radius 1 is 1.27 bits per heavy atom. The predicted octanol–water partition coefficient (Wildman–Crippen LogP) is 1.69. The highest BCUT2D eigenvalue weighted by molar-refractivity contribution is 9.10. The third kappa shape index (κ3) is 2.39. The zero-order valence-corrected chi connectivity index (χ0v) is 10.3. The standard InChI is InChI=1S/C13H14BrN/c1-9-2-3-11-8-12(14)6-4-10(11)5-7-13(9)15/h2-6,8,13H,7,15H2,1H3. The van der Waals surface area contributed by atoms with Gasteiger partial charge in [-0.25, -0.2) is 0 Å². The van der Waals surface area contributed by atoms with Gasteiger partial charge in [-0.3, -0.25) is 0 Å². The van der Waals surface area contributed by atoms with Gasteiger partial charge < -0.3 is 5.73 Å². The molecule has 0 amide bonds. The SMILES string of the molecule is CC1=CC=c2cc(Br)ccc2=CCC1N. The first-order chi connectivity index (χ1) is 7.16. The minimum atomic E-state index is 0.151. The number of benzene rings is 1. The first-order valence-electron chi connectivity index (χ1n) is 5.06. The third-order valence-corrected chi connectivity index (χ3v) is 3.24. The van der Waals surface area contributed by atoms with E-state index in [1.54, 1.807) is 0 Å². The van der Waals surface area contributed by atoms with Crippen LogP contribution in [0.5, 0.6) is 0 Å². The van der Waals surface area contributed by atoms with E-state index in [0.717, 1.165) is 10.9 Å². The molecule has 1 aliphatic rings. The van der Waals surface area contributed by atoms with E-state index < -0.39 is 0 Å². The van der Waals surface area contributed by atoms with Gasteiger partial charge in [-0.2, -0.15) is 0 Å². The van der Waals surface area contributed by atoms with Crippen LogP contribution in [0.15, 0.2) is 34.3 Å². The number of hydrogen-bond acceptors (Lipinski definition) is 1. The summed E-state index contributed by atoms with van der Waals surface area (Å²) in [6.07, 6.45) is 7.36. The molecule has 0 heterocycles. The lowest BCUT2D eigenvalue weighted by Crippen LogP contribution is -2.28. The van der Waals surface area contributed by atoms with E-state index in [9.17, 15) is 0 Å². The van der Waals surface area contributed by atoms with Crippen molar-refractivity contribution in [2.24, 2.45) is 5.73 Å². The second kappa shape index (κ2) is 4.33. The molecule has 78 valence electrons. The monoisotopic (exact) mass is 263 g/mol. The molecule has 0 aromatic heterocycles. The lowest BCUT2D eigenvalue weighted by Gasteiger charge is -2.10. The summed E-state index contributed by atoms with van der Waals surface area (Å²) >= 11 is 3.48. The molecular weight excluding hydrogens is 250 g/mol. The van der Waals surface area contributed by atoms with Crippen LogP contribution in [0.1, 0.15) is 13.3 Å². The fourth-order valence-corrected chi connectivity index (χ4v) is 2.04. The Kier molecular flexibility index (Phi) is 3.08. The largest absolute Gasteiger partial charge is 0.324 e. The summed E-state index contributed by atoms with van der Waals surface area (Å²) in [5.74, 6) is 0. The fourth-order valence-electron chi connectivity index (χ4n) is 1.66. The van der Waals surface area contributed by atoms with Gasteiger partial charge in [0.25, 0.3) is 0 Å². The molecule has 1 unspecified atom stereocenters.